The van der Waals surface area contributed by atoms with Crippen molar-refractivity contribution in [2.24, 2.45) is 0 Å². The molecule has 0 amide bonds. The van der Waals surface area contributed by atoms with E-state index in [-0.39, 0.29) is 5.92 Å². The number of pyridine rings is 1. The highest BCUT2D eigenvalue weighted by molar-refractivity contribution is 5.43. The first-order valence-electron chi connectivity index (χ1n) is 6.98. The van der Waals surface area contributed by atoms with Gasteiger partial charge in [-0.1, -0.05) is 48.5 Å². The summed E-state index contributed by atoms with van der Waals surface area (Å²) >= 11 is 0. The number of hydrogen-bond donors (Lipinski definition) is 0. The summed E-state index contributed by atoms with van der Waals surface area (Å²) < 4.78 is 5.36. The molecular formula is C19H17NO. The van der Waals surface area contributed by atoms with Gasteiger partial charge in [-0.2, -0.15) is 0 Å². The van der Waals surface area contributed by atoms with E-state index < -0.39 is 0 Å². The third-order valence-corrected chi connectivity index (χ3v) is 3.54. The summed E-state index contributed by atoms with van der Waals surface area (Å²) in [6.07, 6.45) is 1.84. The predicted octanol–water partition coefficient (Wildman–Crippen LogP) is 4.27. The molecule has 2 nitrogen and oxygen atoms in total. The number of benzene rings is 2. The molecule has 0 saturated heterocycles. The minimum Gasteiger partial charge on any atom is -0.497 e. The molecule has 0 bridgehead atoms. The molecule has 0 aliphatic heterocycles. The van der Waals surface area contributed by atoms with E-state index in [4.69, 9.17) is 4.74 Å². The smallest absolute Gasteiger partial charge is 0.119 e. The van der Waals surface area contributed by atoms with Gasteiger partial charge in [0.25, 0.3) is 0 Å². The summed E-state index contributed by atoms with van der Waals surface area (Å²) in [7, 11) is 1.69. The van der Waals surface area contributed by atoms with Gasteiger partial charge < -0.3 is 4.74 Å². The van der Waals surface area contributed by atoms with Crippen molar-refractivity contribution in [3.05, 3.63) is 95.8 Å². The summed E-state index contributed by atoms with van der Waals surface area (Å²) in [5, 5.41) is 0. The van der Waals surface area contributed by atoms with Gasteiger partial charge in [0.1, 0.15) is 5.75 Å². The molecule has 2 heteroatoms. The second kappa shape index (κ2) is 6.23. The van der Waals surface area contributed by atoms with Gasteiger partial charge in [-0.15, -0.1) is 0 Å². The molecular weight excluding hydrogens is 258 g/mol. The molecule has 0 fully saturated rings. The Morgan fingerprint density at radius 1 is 0.810 bits per heavy atom. The van der Waals surface area contributed by atoms with Gasteiger partial charge in [0.15, 0.2) is 0 Å². The van der Waals surface area contributed by atoms with Crippen LogP contribution in [0.5, 0.6) is 5.75 Å². The zero-order valence-corrected chi connectivity index (χ0v) is 11.9. The van der Waals surface area contributed by atoms with Crippen molar-refractivity contribution in [3.8, 4) is 5.75 Å². The number of aromatic nitrogens is 1. The number of ether oxygens (including phenoxy) is 1. The molecule has 1 atom stereocenters. The molecule has 2 aromatic carbocycles. The van der Waals surface area contributed by atoms with Crippen molar-refractivity contribution in [3.63, 3.8) is 0 Å². The summed E-state index contributed by atoms with van der Waals surface area (Å²) in [4.78, 5) is 4.55. The van der Waals surface area contributed by atoms with Crippen LogP contribution in [0.1, 0.15) is 22.7 Å². The lowest BCUT2D eigenvalue weighted by Crippen LogP contribution is -2.05. The first-order valence-corrected chi connectivity index (χ1v) is 6.98. The van der Waals surface area contributed by atoms with Crippen molar-refractivity contribution >= 4 is 0 Å². The molecule has 0 spiro atoms. The van der Waals surface area contributed by atoms with Crippen molar-refractivity contribution in [1.29, 1.82) is 0 Å². The average Bonchev–Trinajstić information content (AvgIpc) is 2.57. The van der Waals surface area contributed by atoms with Crippen molar-refractivity contribution in [2.45, 2.75) is 5.92 Å². The highest BCUT2D eigenvalue weighted by Crippen LogP contribution is 2.32. The lowest BCUT2D eigenvalue weighted by Gasteiger charge is -2.18. The number of nitrogens with zero attached hydrogens (tertiary/aromatic N) is 1. The Balaban J connectivity index is 2.12. The Morgan fingerprint density at radius 3 is 2.29 bits per heavy atom. The zero-order valence-electron chi connectivity index (χ0n) is 11.9. The summed E-state index contributed by atoms with van der Waals surface area (Å²) in [6, 6.07) is 24.6. The lowest BCUT2D eigenvalue weighted by molar-refractivity contribution is 0.414. The van der Waals surface area contributed by atoms with Crippen molar-refractivity contribution in [2.75, 3.05) is 7.11 Å². The highest BCUT2D eigenvalue weighted by atomic mass is 16.5. The van der Waals surface area contributed by atoms with Crippen LogP contribution in [0.4, 0.5) is 0 Å². The van der Waals surface area contributed by atoms with E-state index in [0.717, 1.165) is 11.4 Å². The monoisotopic (exact) mass is 275 g/mol. The SMILES string of the molecule is COc1cccc(C(c2ccccc2)c2ccccn2)c1. The van der Waals surface area contributed by atoms with Gasteiger partial charge in [-0.05, 0) is 35.4 Å². The van der Waals surface area contributed by atoms with E-state index in [2.05, 4.69) is 47.4 Å². The Morgan fingerprint density at radius 2 is 1.57 bits per heavy atom. The fourth-order valence-corrected chi connectivity index (χ4v) is 2.55. The number of hydrogen-bond acceptors (Lipinski definition) is 2. The van der Waals surface area contributed by atoms with Gasteiger partial charge in [-0.3, -0.25) is 4.98 Å². The quantitative estimate of drug-likeness (QED) is 0.709. The maximum atomic E-state index is 5.36. The molecule has 3 aromatic rings. The Labute approximate surface area is 125 Å². The first kappa shape index (κ1) is 13.4. The minimum absolute atomic E-state index is 0.113. The maximum absolute atomic E-state index is 5.36. The molecule has 1 unspecified atom stereocenters. The fourth-order valence-electron chi connectivity index (χ4n) is 2.55. The highest BCUT2D eigenvalue weighted by Gasteiger charge is 2.17. The number of rotatable bonds is 4. The molecule has 0 aliphatic rings. The van der Waals surface area contributed by atoms with Crippen molar-refractivity contribution < 1.29 is 4.74 Å². The molecule has 0 saturated carbocycles. The van der Waals surface area contributed by atoms with Crippen LogP contribution in [0.25, 0.3) is 0 Å². The van der Waals surface area contributed by atoms with Crippen LogP contribution in [-0.4, -0.2) is 12.1 Å². The van der Waals surface area contributed by atoms with E-state index in [1.807, 2.05) is 36.5 Å². The Kier molecular flexibility index (Phi) is 3.97. The molecule has 0 N–H and O–H groups in total. The Hall–Kier alpha value is -2.61. The average molecular weight is 275 g/mol. The second-order valence-corrected chi connectivity index (χ2v) is 4.87. The van der Waals surface area contributed by atoms with Gasteiger partial charge in [-0.25, -0.2) is 0 Å². The normalized spacial score (nSPS) is 11.9. The van der Waals surface area contributed by atoms with Crippen LogP contribution < -0.4 is 4.74 Å². The van der Waals surface area contributed by atoms with Gasteiger partial charge >= 0.3 is 0 Å². The summed E-state index contributed by atoms with van der Waals surface area (Å²) in [5.74, 6) is 0.979. The van der Waals surface area contributed by atoms with Gasteiger partial charge in [0.05, 0.1) is 18.7 Å². The van der Waals surface area contributed by atoms with E-state index in [1.54, 1.807) is 7.11 Å². The molecule has 3 rings (SSSR count). The largest absolute Gasteiger partial charge is 0.497 e. The van der Waals surface area contributed by atoms with Gasteiger partial charge in [0, 0.05) is 6.20 Å². The molecule has 1 aromatic heterocycles. The molecule has 1 heterocycles. The topological polar surface area (TPSA) is 22.1 Å². The van der Waals surface area contributed by atoms with Crippen LogP contribution in [0.3, 0.4) is 0 Å². The van der Waals surface area contributed by atoms with Crippen LogP contribution in [-0.2, 0) is 0 Å². The Bertz CT molecular complexity index is 656. The fraction of sp³-hybridized carbons (Fsp3) is 0.105. The third kappa shape index (κ3) is 2.95. The molecule has 0 radical (unpaired) electrons. The van der Waals surface area contributed by atoms with Crippen LogP contribution in [0.15, 0.2) is 79.0 Å². The molecule has 104 valence electrons. The standard InChI is InChI=1S/C19H17NO/c1-21-17-11-7-10-16(14-17)19(15-8-3-2-4-9-15)18-12-5-6-13-20-18/h2-14,19H,1H3. The first-order chi connectivity index (χ1) is 10.4. The summed E-state index contributed by atoms with van der Waals surface area (Å²) in [6.45, 7) is 0. The number of methoxy groups -OCH3 is 1. The zero-order chi connectivity index (χ0) is 14.5. The van der Waals surface area contributed by atoms with E-state index in [1.165, 1.54) is 11.1 Å². The maximum Gasteiger partial charge on any atom is 0.119 e. The van der Waals surface area contributed by atoms with E-state index in [0.29, 0.717) is 0 Å². The lowest BCUT2D eigenvalue weighted by atomic mass is 9.88. The van der Waals surface area contributed by atoms with E-state index in [9.17, 15) is 0 Å². The second-order valence-electron chi connectivity index (χ2n) is 4.87. The van der Waals surface area contributed by atoms with Crippen LogP contribution in [0, 0.1) is 0 Å². The van der Waals surface area contributed by atoms with Crippen molar-refractivity contribution in [1.82, 2.24) is 4.98 Å². The third-order valence-electron chi connectivity index (χ3n) is 3.54. The predicted molar refractivity (Wildman–Crippen MR) is 84.6 cm³/mol. The summed E-state index contributed by atoms with van der Waals surface area (Å²) in [5.41, 5.74) is 3.45. The van der Waals surface area contributed by atoms with Gasteiger partial charge in [0.2, 0.25) is 0 Å². The van der Waals surface area contributed by atoms with Crippen LogP contribution >= 0.6 is 0 Å². The molecule has 0 aliphatic carbocycles. The van der Waals surface area contributed by atoms with Crippen LogP contribution in [0.2, 0.25) is 0 Å². The minimum atomic E-state index is 0.113. The van der Waals surface area contributed by atoms with E-state index >= 15 is 0 Å². The molecule has 21 heavy (non-hydrogen) atoms.